The molecule has 0 aliphatic rings. The molecule has 0 bridgehead atoms. The number of thiol groups is 1. The smallest absolute Gasteiger partial charge is 0.327 e. The van der Waals surface area contributed by atoms with Crippen LogP contribution in [-0.2, 0) is 19.2 Å². The molecule has 29 heavy (non-hydrogen) atoms. The third kappa shape index (κ3) is 9.70. The third-order valence-corrected chi connectivity index (χ3v) is 5.09. The first kappa shape index (κ1) is 27.5. The van der Waals surface area contributed by atoms with Gasteiger partial charge in [0.2, 0.25) is 17.7 Å². The molecule has 7 N–H and O–H groups in total. The number of carbonyl (C=O) groups excluding carboxylic acids is 3. The van der Waals surface area contributed by atoms with Crippen LogP contribution in [0.15, 0.2) is 0 Å². The van der Waals surface area contributed by atoms with Gasteiger partial charge >= 0.3 is 5.97 Å². The van der Waals surface area contributed by atoms with Crippen LogP contribution in [0.1, 0.15) is 27.2 Å². The van der Waals surface area contributed by atoms with Crippen LogP contribution in [0.25, 0.3) is 0 Å². The Kier molecular flexibility index (Phi) is 13.0. The quantitative estimate of drug-likeness (QED) is 0.167. The predicted octanol–water partition coefficient (Wildman–Crippen LogP) is -1.43. The van der Waals surface area contributed by atoms with Gasteiger partial charge < -0.3 is 31.9 Å². The fourth-order valence-corrected chi connectivity index (χ4v) is 3.00. The van der Waals surface area contributed by atoms with Gasteiger partial charge in [-0.15, -0.1) is 0 Å². The number of nitrogens with one attached hydrogen (secondary N) is 3. The number of hydrogen-bond donors (Lipinski definition) is 7. The molecule has 5 atom stereocenters. The second-order valence-electron chi connectivity index (χ2n) is 6.93. The summed E-state index contributed by atoms with van der Waals surface area (Å²) in [6, 6.07) is -4.46. The van der Waals surface area contributed by atoms with E-state index in [-0.39, 0.29) is 11.7 Å². The van der Waals surface area contributed by atoms with Crippen molar-refractivity contribution in [1.29, 1.82) is 0 Å². The van der Waals surface area contributed by atoms with E-state index in [0.29, 0.717) is 12.2 Å². The molecule has 0 aliphatic heterocycles. The highest BCUT2D eigenvalue weighted by Gasteiger charge is 2.33. The molecule has 0 aliphatic carbocycles. The summed E-state index contributed by atoms with van der Waals surface area (Å²) in [7, 11) is 0. The van der Waals surface area contributed by atoms with Gasteiger partial charge in [0, 0.05) is 5.75 Å². The molecule has 0 heterocycles. The Morgan fingerprint density at radius 1 is 1.00 bits per heavy atom. The highest BCUT2D eigenvalue weighted by Crippen LogP contribution is 2.06. The van der Waals surface area contributed by atoms with Crippen molar-refractivity contribution < 1.29 is 29.4 Å². The Morgan fingerprint density at radius 2 is 1.52 bits per heavy atom. The number of rotatable bonds is 13. The van der Waals surface area contributed by atoms with Crippen LogP contribution in [0.4, 0.5) is 0 Å². The molecule has 12 heteroatoms. The van der Waals surface area contributed by atoms with Crippen LogP contribution in [0.2, 0.25) is 0 Å². The predicted molar refractivity (Wildman–Crippen MR) is 115 cm³/mol. The van der Waals surface area contributed by atoms with Gasteiger partial charge in [0.1, 0.15) is 18.1 Å². The van der Waals surface area contributed by atoms with Gasteiger partial charge in [-0.3, -0.25) is 14.4 Å². The number of nitrogens with two attached hydrogens (primary N) is 1. The minimum Gasteiger partial charge on any atom is -0.480 e. The van der Waals surface area contributed by atoms with E-state index < -0.39 is 54.0 Å². The summed E-state index contributed by atoms with van der Waals surface area (Å²) in [6.07, 6.45) is 1.03. The molecular formula is C17H32N4O6S2. The summed E-state index contributed by atoms with van der Waals surface area (Å²) in [5.74, 6) is -3.16. The number of aliphatic carboxylic acids is 1. The molecule has 0 rings (SSSR count). The summed E-state index contributed by atoms with van der Waals surface area (Å²) in [5.41, 5.74) is 5.82. The lowest BCUT2D eigenvalue weighted by molar-refractivity contribution is -0.142. The molecule has 0 radical (unpaired) electrons. The van der Waals surface area contributed by atoms with E-state index in [0.717, 1.165) is 0 Å². The minimum absolute atomic E-state index is 0.167. The molecule has 0 spiro atoms. The van der Waals surface area contributed by atoms with Crippen molar-refractivity contribution >= 4 is 48.1 Å². The van der Waals surface area contributed by atoms with E-state index in [4.69, 9.17) is 10.8 Å². The fraction of sp³-hybridized carbons (Fsp3) is 0.765. The van der Waals surface area contributed by atoms with Gasteiger partial charge in [0.15, 0.2) is 0 Å². The molecule has 0 saturated heterocycles. The maximum Gasteiger partial charge on any atom is 0.327 e. The second-order valence-corrected chi connectivity index (χ2v) is 8.28. The van der Waals surface area contributed by atoms with Crippen LogP contribution >= 0.6 is 24.4 Å². The average molecular weight is 453 g/mol. The second kappa shape index (κ2) is 13.7. The van der Waals surface area contributed by atoms with Crippen LogP contribution in [-0.4, -0.2) is 81.9 Å². The van der Waals surface area contributed by atoms with Crippen molar-refractivity contribution in [3.63, 3.8) is 0 Å². The third-order valence-electron chi connectivity index (χ3n) is 4.08. The number of hydrogen-bond acceptors (Lipinski definition) is 8. The highest BCUT2D eigenvalue weighted by molar-refractivity contribution is 7.98. The van der Waals surface area contributed by atoms with Crippen molar-refractivity contribution in [3.8, 4) is 0 Å². The molecule has 3 amide bonds. The zero-order valence-corrected chi connectivity index (χ0v) is 18.8. The highest BCUT2D eigenvalue weighted by atomic mass is 32.2. The van der Waals surface area contributed by atoms with E-state index in [9.17, 15) is 24.3 Å². The Labute approximate surface area is 180 Å². The Morgan fingerprint density at radius 3 is 1.93 bits per heavy atom. The number of thioether (sulfide) groups is 1. The fourth-order valence-electron chi connectivity index (χ4n) is 2.27. The maximum absolute atomic E-state index is 12.7. The van der Waals surface area contributed by atoms with Crippen LogP contribution in [0.5, 0.6) is 0 Å². The normalized spacial score (nSPS) is 16.3. The maximum atomic E-state index is 12.7. The van der Waals surface area contributed by atoms with Gasteiger partial charge in [-0.1, -0.05) is 13.8 Å². The first-order valence-electron chi connectivity index (χ1n) is 9.13. The SMILES string of the molecule is CSCCC(N)C(=O)NC(C(=O)NC(C(=O)NC(CS)C(=O)O)C(C)O)C(C)C. The van der Waals surface area contributed by atoms with Crippen molar-refractivity contribution in [2.45, 2.75) is 57.5 Å². The number of carboxylic acid groups (broad SMARTS) is 1. The van der Waals surface area contributed by atoms with Crippen molar-refractivity contribution in [1.82, 2.24) is 16.0 Å². The van der Waals surface area contributed by atoms with E-state index in [2.05, 4.69) is 28.6 Å². The zero-order chi connectivity index (χ0) is 22.7. The molecule has 5 unspecified atom stereocenters. The lowest BCUT2D eigenvalue weighted by Crippen LogP contribution is -2.61. The van der Waals surface area contributed by atoms with Gasteiger partial charge in [0.05, 0.1) is 12.1 Å². The van der Waals surface area contributed by atoms with E-state index in [1.165, 1.54) is 6.92 Å². The van der Waals surface area contributed by atoms with Crippen molar-refractivity contribution in [2.24, 2.45) is 11.7 Å². The summed E-state index contributed by atoms with van der Waals surface area (Å²) in [5, 5.41) is 26.1. The minimum atomic E-state index is -1.41. The largest absolute Gasteiger partial charge is 0.480 e. The van der Waals surface area contributed by atoms with Gasteiger partial charge in [-0.2, -0.15) is 24.4 Å². The topological polar surface area (TPSA) is 171 Å². The van der Waals surface area contributed by atoms with Gasteiger partial charge in [-0.05, 0) is 31.3 Å². The summed E-state index contributed by atoms with van der Waals surface area (Å²) >= 11 is 5.40. The van der Waals surface area contributed by atoms with E-state index in [1.54, 1.807) is 25.6 Å². The van der Waals surface area contributed by atoms with Crippen molar-refractivity contribution in [3.05, 3.63) is 0 Å². The summed E-state index contributed by atoms with van der Waals surface area (Å²) < 4.78 is 0. The molecule has 10 nitrogen and oxygen atoms in total. The zero-order valence-electron chi connectivity index (χ0n) is 17.0. The van der Waals surface area contributed by atoms with Crippen molar-refractivity contribution in [2.75, 3.05) is 17.8 Å². The molecule has 0 aromatic heterocycles. The number of carbonyl (C=O) groups is 4. The first-order chi connectivity index (χ1) is 13.5. The Bertz CT molecular complexity index is 576. The summed E-state index contributed by atoms with van der Waals surface area (Å²) in [4.78, 5) is 48.3. The molecular weight excluding hydrogens is 420 g/mol. The Balaban J connectivity index is 5.21. The Hall–Kier alpha value is -1.50. The van der Waals surface area contributed by atoms with Crippen LogP contribution in [0, 0.1) is 5.92 Å². The van der Waals surface area contributed by atoms with E-state index >= 15 is 0 Å². The molecule has 0 saturated carbocycles. The molecule has 0 aromatic rings. The first-order valence-corrected chi connectivity index (χ1v) is 11.2. The monoisotopic (exact) mass is 452 g/mol. The molecule has 0 fully saturated rings. The number of aliphatic hydroxyl groups excluding tert-OH is 1. The van der Waals surface area contributed by atoms with Gasteiger partial charge in [-0.25, -0.2) is 4.79 Å². The summed E-state index contributed by atoms with van der Waals surface area (Å²) in [6.45, 7) is 4.69. The lowest BCUT2D eigenvalue weighted by Gasteiger charge is -2.28. The van der Waals surface area contributed by atoms with Gasteiger partial charge in [0.25, 0.3) is 0 Å². The average Bonchev–Trinajstić information content (AvgIpc) is 2.64. The lowest BCUT2D eigenvalue weighted by atomic mass is 10.0. The number of amides is 3. The standard InChI is InChI=1S/C17H32N4O6S2/c1-8(2)12(20-14(23)10(18)5-6-29-4)15(24)21-13(9(3)22)16(25)19-11(7-28)17(26)27/h8-13,22,28H,5-7,18H2,1-4H3,(H,19,25)(H,20,23)(H,21,24)(H,26,27). The molecule has 0 aromatic carbocycles. The number of carboxylic acids is 1. The van der Waals surface area contributed by atoms with Crippen LogP contribution in [0.3, 0.4) is 0 Å². The van der Waals surface area contributed by atoms with E-state index in [1.807, 2.05) is 6.26 Å². The molecule has 168 valence electrons. The van der Waals surface area contributed by atoms with Crippen LogP contribution < -0.4 is 21.7 Å². The number of aliphatic hydroxyl groups is 1.